The van der Waals surface area contributed by atoms with E-state index in [1.54, 1.807) is 31.3 Å². The van der Waals surface area contributed by atoms with Crippen LogP contribution in [0, 0.1) is 11.3 Å². The van der Waals surface area contributed by atoms with Crippen LogP contribution in [-0.2, 0) is 20.4 Å². The van der Waals surface area contributed by atoms with Gasteiger partial charge >= 0.3 is 0 Å². The average Bonchev–Trinajstić information content (AvgIpc) is 2.44. The Morgan fingerprint density at radius 2 is 1.95 bits per heavy atom. The number of nitriles is 1. The molecule has 0 heterocycles. The normalized spacial score (nSPS) is 10.9. The molecule has 1 aromatic carbocycles. The van der Waals surface area contributed by atoms with Crippen molar-refractivity contribution in [2.45, 2.75) is 18.6 Å². The van der Waals surface area contributed by atoms with Gasteiger partial charge in [-0.25, -0.2) is 8.42 Å². The van der Waals surface area contributed by atoms with Crippen LogP contribution in [-0.4, -0.2) is 38.6 Å². The first kappa shape index (κ1) is 17.5. The summed E-state index contributed by atoms with van der Waals surface area (Å²) in [6.07, 6.45) is 0.164. The summed E-state index contributed by atoms with van der Waals surface area (Å²) in [6.45, 7) is 0.312. The highest BCUT2D eigenvalue weighted by Gasteiger charge is 2.16. The van der Waals surface area contributed by atoms with Gasteiger partial charge in [0.25, 0.3) is 0 Å². The summed E-state index contributed by atoms with van der Waals surface area (Å²) >= 11 is 5.74. The van der Waals surface area contributed by atoms with Crippen LogP contribution in [0.25, 0.3) is 0 Å². The third-order valence-corrected chi connectivity index (χ3v) is 4.76. The average molecular weight is 329 g/mol. The van der Waals surface area contributed by atoms with Crippen LogP contribution in [0.4, 0.5) is 0 Å². The van der Waals surface area contributed by atoms with Crippen LogP contribution in [0.15, 0.2) is 24.3 Å². The first-order valence-corrected chi connectivity index (χ1v) is 8.60. The number of rotatable bonds is 7. The maximum atomic E-state index is 12.0. The van der Waals surface area contributed by atoms with E-state index in [1.807, 2.05) is 6.07 Å². The standard InChI is InChI=1S/C14H17ClN2O3S/c1-17(9-2-8-16)14(18)7-10-21(19,20)11-12-3-5-13(15)6-4-12/h3-6H,2,7,9-11H2,1H3. The van der Waals surface area contributed by atoms with E-state index in [2.05, 4.69) is 0 Å². The molecule has 114 valence electrons. The highest BCUT2D eigenvalue weighted by molar-refractivity contribution is 7.90. The molecule has 0 radical (unpaired) electrons. The van der Waals surface area contributed by atoms with Crippen LogP contribution < -0.4 is 0 Å². The molecule has 0 N–H and O–H groups in total. The molecular weight excluding hydrogens is 312 g/mol. The van der Waals surface area contributed by atoms with Gasteiger partial charge in [-0.15, -0.1) is 0 Å². The molecule has 0 saturated heterocycles. The number of amides is 1. The molecule has 0 aromatic heterocycles. The maximum Gasteiger partial charge on any atom is 0.223 e. The smallest absolute Gasteiger partial charge is 0.223 e. The molecule has 21 heavy (non-hydrogen) atoms. The van der Waals surface area contributed by atoms with E-state index in [-0.39, 0.29) is 30.3 Å². The Morgan fingerprint density at radius 3 is 2.52 bits per heavy atom. The minimum Gasteiger partial charge on any atom is -0.345 e. The van der Waals surface area contributed by atoms with Gasteiger partial charge in [-0.2, -0.15) is 5.26 Å². The highest BCUT2D eigenvalue weighted by atomic mass is 35.5. The van der Waals surface area contributed by atoms with Crippen molar-refractivity contribution in [1.29, 1.82) is 5.26 Å². The third kappa shape index (κ3) is 6.61. The van der Waals surface area contributed by atoms with Crippen LogP contribution in [0.5, 0.6) is 0 Å². The van der Waals surface area contributed by atoms with Crippen LogP contribution in [0.1, 0.15) is 18.4 Å². The van der Waals surface area contributed by atoms with E-state index in [1.165, 1.54) is 4.90 Å². The Kier molecular flexibility index (Phi) is 6.66. The van der Waals surface area contributed by atoms with Gasteiger partial charge in [0.2, 0.25) is 5.91 Å². The summed E-state index contributed by atoms with van der Waals surface area (Å²) in [4.78, 5) is 13.1. The monoisotopic (exact) mass is 328 g/mol. The summed E-state index contributed by atoms with van der Waals surface area (Å²) in [5, 5.41) is 8.99. The molecule has 1 aromatic rings. The van der Waals surface area contributed by atoms with E-state index in [0.717, 1.165) is 0 Å². The molecule has 7 heteroatoms. The number of carbonyl (C=O) groups excluding carboxylic acids is 1. The second-order valence-corrected chi connectivity index (χ2v) is 7.31. The zero-order chi connectivity index (χ0) is 15.9. The zero-order valence-electron chi connectivity index (χ0n) is 11.8. The molecule has 0 saturated carbocycles. The molecule has 5 nitrogen and oxygen atoms in total. The Morgan fingerprint density at radius 1 is 1.33 bits per heavy atom. The summed E-state index contributed by atoms with van der Waals surface area (Å²) in [6, 6.07) is 8.51. The lowest BCUT2D eigenvalue weighted by molar-refractivity contribution is -0.129. The molecule has 0 unspecified atom stereocenters. The molecule has 0 bridgehead atoms. The first-order valence-electron chi connectivity index (χ1n) is 6.40. The number of hydrogen-bond donors (Lipinski definition) is 0. The lowest BCUT2D eigenvalue weighted by Crippen LogP contribution is -2.29. The van der Waals surface area contributed by atoms with Gasteiger partial charge < -0.3 is 4.90 Å². The van der Waals surface area contributed by atoms with Crippen molar-refractivity contribution < 1.29 is 13.2 Å². The summed E-state index contributed by atoms with van der Waals surface area (Å²) in [5.41, 5.74) is 0.643. The van der Waals surface area contributed by atoms with Gasteiger partial charge in [0.1, 0.15) is 0 Å². The minimum absolute atomic E-state index is 0.0716. The van der Waals surface area contributed by atoms with Gasteiger partial charge in [-0.1, -0.05) is 23.7 Å². The number of halogens is 1. The van der Waals surface area contributed by atoms with Gasteiger partial charge in [0, 0.05) is 25.0 Å². The second-order valence-electron chi connectivity index (χ2n) is 4.69. The van der Waals surface area contributed by atoms with Crippen molar-refractivity contribution >= 4 is 27.3 Å². The lowest BCUT2D eigenvalue weighted by Gasteiger charge is -2.15. The summed E-state index contributed by atoms with van der Waals surface area (Å²) in [5.74, 6) is -0.588. The van der Waals surface area contributed by atoms with Crippen LogP contribution in [0.2, 0.25) is 5.02 Å². The maximum absolute atomic E-state index is 12.0. The Hall–Kier alpha value is -1.58. The molecule has 0 spiro atoms. The van der Waals surface area contributed by atoms with Crippen LogP contribution in [0.3, 0.4) is 0 Å². The summed E-state index contributed by atoms with van der Waals surface area (Å²) < 4.78 is 23.9. The fourth-order valence-electron chi connectivity index (χ4n) is 1.68. The second kappa shape index (κ2) is 8.01. The number of carbonyl (C=O) groups is 1. The minimum atomic E-state index is -3.35. The fraction of sp³-hybridized carbons (Fsp3) is 0.429. The van der Waals surface area contributed by atoms with Gasteiger partial charge in [0.05, 0.1) is 24.0 Å². The molecule has 0 aliphatic carbocycles. The molecule has 1 rings (SSSR count). The Bertz CT molecular complexity index is 621. The quantitative estimate of drug-likeness (QED) is 0.767. The van der Waals surface area contributed by atoms with Crippen molar-refractivity contribution in [3.63, 3.8) is 0 Å². The number of sulfone groups is 1. The Labute approximate surface area is 130 Å². The largest absolute Gasteiger partial charge is 0.345 e. The van der Waals surface area contributed by atoms with Crippen molar-refractivity contribution in [1.82, 2.24) is 4.90 Å². The zero-order valence-corrected chi connectivity index (χ0v) is 13.3. The fourth-order valence-corrected chi connectivity index (χ4v) is 3.14. The first-order chi connectivity index (χ1) is 9.84. The molecule has 0 aliphatic rings. The number of nitrogens with zero attached hydrogens (tertiary/aromatic N) is 2. The van der Waals surface area contributed by atoms with Gasteiger partial charge in [0.15, 0.2) is 9.84 Å². The van der Waals surface area contributed by atoms with E-state index < -0.39 is 9.84 Å². The third-order valence-electron chi connectivity index (χ3n) is 2.91. The SMILES string of the molecule is CN(CCC#N)C(=O)CCS(=O)(=O)Cc1ccc(Cl)cc1. The van der Waals surface area contributed by atoms with E-state index in [0.29, 0.717) is 17.1 Å². The molecule has 1 amide bonds. The van der Waals surface area contributed by atoms with Crippen molar-refractivity contribution in [2.75, 3.05) is 19.3 Å². The lowest BCUT2D eigenvalue weighted by atomic mass is 10.2. The van der Waals surface area contributed by atoms with Crippen molar-refractivity contribution in [2.24, 2.45) is 0 Å². The van der Waals surface area contributed by atoms with Crippen molar-refractivity contribution in [3.8, 4) is 6.07 Å². The predicted molar refractivity (Wildman–Crippen MR) is 81.4 cm³/mol. The molecule has 0 atom stereocenters. The molecule has 0 aliphatic heterocycles. The predicted octanol–water partition coefficient (Wildman–Crippen LogP) is 2.02. The Balaban J connectivity index is 2.51. The summed E-state index contributed by atoms with van der Waals surface area (Å²) in [7, 11) is -1.79. The van der Waals surface area contributed by atoms with Gasteiger partial charge in [-0.05, 0) is 17.7 Å². The van der Waals surface area contributed by atoms with E-state index in [4.69, 9.17) is 16.9 Å². The highest BCUT2D eigenvalue weighted by Crippen LogP contribution is 2.13. The topological polar surface area (TPSA) is 78.2 Å². The molecular formula is C14H17ClN2O3S. The van der Waals surface area contributed by atoms with Crippen molar-refractivity contribution in [3.05, 3.63) is 34.9 Å². The van der Waals surface area contributed by atoms with E-state index in [9.17, 15) is 13.2 Å². The number of hydrogen-bond acceptors (Lipinski definition) is 4. The van der Waals surface area contributed by atoms with Crippen LogP contribution >= 0.6 is 11.6 Å². The van der Waals surface area contributed by atoms with Gasteiger partial charge in [-0.3, -0.25) is 4.79 Å². The van der Waals surface area contributed by atoms with E-state index >= 15 is 0 Å². The molecule has 0 fully saturated rings. The number of benzene rings is 1.